The first kappa shape index (κ1) is 9.04. The molecule has 0 aliphatic carbocycles. The van der Waals surface area contributed by atoms with Crippen molar-refractivity contribution in [2.24, 2.45) is 0 Å². The molecule has 0 atom stereocenters. The number of aromatic nitrogens is 1. The van der Waals surface area contributed by atoms with Crippen LogP contribution < -0.4 is 10.1 Å². The van der Waals surface area contributed by atoms with E-state index in [0.717, 1.165) is 24.5 Å². The number of rotatable bonds is 2. The summed E-state index contributed by atoms with van der Waals surface area (Å²) in [5.41, 5.74) is 0.784. The molecule has 2 rings (SSSR count). The third-order valence-electron chi connectivity index (χ3n) is 2.04. The van der Waals surface area contributed by atoms with Crippen LogP contribution in [0.4, 0.5) is 0 Å². The zero-order chi connectivity index (χ0) is 9.80. The summed E-state index contributed by atoms with van der Waals surface area (Å²) in [5, 5.41) is 3.15. The van der Waals surface area contributed by atoms with Gasteiger partial charge in [-0.05, 0) is 25.0 Å². The average molecular weight is 188 g/mol. The normalized spacial score (nSPS) is 15.2. The van der Waals surface area contributed by atoms with Crippen molar-refractivity contribution in [1.29, 1.82) is 0 Å². The van der Waals surface area contributed by atoms with Crippen molar-refractivity contribution in [3.05, 3.63) is 24.0 Å². The fourth-order valence-electron chi connectivity index (χ4n) is 1.19. The zero-order valence-electron chi connectivity index (χ0n) is 8.08. The Kier molecular flexibility index (Phi) is 2.66. The van der Waals surface area contributed by atoms with Gasteiger partial charge in [0, 0.05) is 13.1 Å². The lowest BCUT2D eigenvalue weighted by Gasteiger charge is -2.27. The van der Waals surface area contributed by atoms with Gasteiger partial charge < -0.3 is 10.1 Å². The van der Waals surface area contributed by atoms with Crippen LogP contribution in [0, 0.1) is 11.8 Å². The summed E-state index contributed by atoms with van der Waals surface area (Å²) in [5.74, 6) is 6.51. The molecular weight excluding hydrogens is 176 g/mol. The van der Waals surface area contributed by atoms with Gasteiger partial charge in [0.2, 0.25) is 0 Å². The maximum atomic E-state index is 5.61. The Bertz CT molecular complexity index is 357. The third kappa shape index (κ3) is 2.04. The summed E-state index contributed by atoms with van der Waals surface area (Å²) < 4.78 is 5.61. The van der Waals surface area contributed by atoms with Gasteiger partial charge in [-0.2, -0.15) is 0 Å². The molecule has 0 aromatic carbocycles. The number of hydrogen-bond donors (Lipinski definition) is 1. The van der Waals surface area contributed by atoms with Crippen molar-refractivity contribution in [3.63, 3.8) is 0 Å². The fourth-order valence-corrected chi connectivity index (χ4v) is 1.19. The van der Waals surface area contributed by atoms with E-state index in [-0.39, 0.29) is 0 Å². The molecule has 1 aromatic heterocycles. The Balaban J connectivity index is 2.00. The second-order valence-corrected chi connectivity index (χ2v) is 3.15. The number of nitrogens with one attached hydrogen (secondary N) is 1. The smallest absolute Gasteiger partial charge is 0.138 e. The molecule has 1 aliphatic heterocycles. The zero-order valence-corrected chi connectivity index (χ0v) is 8.08. The molecule has 0 saturated carbocycles. The first-order chi connectivity index (χ1) is 6.88. The average Bonchev–Trinajstić information content (AvgIpc) is 2.14. The number of ether oxygens (including phenoxy) is 1. The van der Waals surface area contributed by atoms with Gasteiger partial charge in [0.05, 0.1) is 6.20 Å². The van der Waals surface area contributed by atoms with Gasteiger partial charge in [0.25, 0.3) is 0 Å². The Morgan fingerprint density at radius 3 is 2.86 bits per heavy atom. The minimum Gasteiger partial charge on any atom is -0.486 e. The van der Waals surface area contributed by atoms with Gasteiger partial charge in [-0.3, -0.25) is 0 Å². The quantitative estimate of drug-likeness (QED) is 0.697. The minimum absolute atomic E-state index is 0.305. The van der Waals surface area contributed by atoms with Gasteiger partial charge in [-0.25, -0.2) is 4.98 Å². The molecule has 0 bridgehead atoms. The first-order valence-corrected chi connectivity index (χ1v) is 4.64. The molecule has 1 saturated heterocycles. The van der Waals surface area contributed by atoms with Crippen LogP contribution in [0.2, 0.25) is 0 Å². The van der Waals surface area contributed by atoms with Gasteiger partial charge in [0.15, 0.2) is 0 Å². The van der Waals surface area contributed by atoms with E-state index in [1.54, 1.807) is 13.1 Å². The molecule has 3 heteroatoms. The molecule has 0 radical (unpaired) electrons. The van der Waals surface area contributed by atoms with E-state index in [2.05, 4.69) is 22.1 Å². The molecule has 0 unspecified atom stereocenters. The monoisotopic (exact) mass is 188 g/mol. The highest BCUT2D eigenvalue weighted by atomic mass is 16.5. The van der Waals surface area contributed by atoms with Crippen molar-refractivity contribution in [1.82, 2.24) is 10.3 Å². The van der Waals surface area contributed by atoms with Crippen LogP contribution in [0.3, 0.4) is 0 Å². The first-order valence-electron chi connectivity index (χ1n) is 4.64. The second-order valence-electron chi connectivity index (χ2n) is 3.15. The van der Waals surface area contributed by atoms with Crippen LogP contribution in [-0.4, -0.2) is 24.2 Å². The Hall–Kier alpha value is -1.53. The molecule has 1 aromatic rings. The molecule has 1 aliphatic rings. The SMILES string of the molecule is CC#Cc1ccc(OC2CNC2)cn1. The van der Waals surface area contributed by atoms with Gasteiger partial charge in [0.1, 0.15) is 17.5 Å². The van der Waals surface area contributed by atoms with Crippen molar-refractivity contribution in [2.45, 2.75) is 13.0 Å². The molecule has 0 amide bonds. The highest BCUT2D eigenvalue weighted by Gasteiger charge is 2.17. The van der Waals surface area contributed by atoms with E-state index >= 15 is 0 Å². The topological polar surface area (TPSA) is 34.1 Å². The largest absolute Gasteiger partial charge is 0.486 e. The minimum atomic E-state index is 0.305. The summed E-state index contributed by atoms with van der Waals surface area (Å²) in [6, 6.07) is 3.78. The lowest BCUT2D eigenvalue weighted by atomic mass is 10.2. The van der Waals surface area contributed by atoms with Gasteiger partial charge in [-0.15, -0.1) is 0 Å². The number of pyridine rings is 1. The van der Waals surface area contributed by atoms with Crippen molar-refractivity contribution in [3.8, 4) is 17.6 Å². The maximum absolute atomic E-state index is 5.61. The molecule has 3 nitrogen and oxygen atoms in total. The third-order valence-corrected chi connectivity index (χ3v) is 2.04. The number of hydrogen-bond acceptors (Lipinski definition) is 3. The Labute approximate surface area is 83.5 Å². The van der Waals surface area contributed by atoms with E-state index in [1.807, 2.05) is 12.1 Å². The maximum Gasteiger partial charge on any atom is 0.138 e. The molecule has 72 valence electrons. The Morgan fingerprint density at radius 2 is 2.36 bits per heavy atom. The van der Waals surface area contributed by atoms with Crippen LogP contribution >= 0.6 is 0 Å². The van der Waals surface area contributed by atoms with Crippen molar-refractivity contribution < 1.29 is 4.74 Å². The highest BCUT2D eigenvalue weighted by Crippen LogP contribution is 2.12. The van der Waals surface area contributed by atoms with Crippen LogP contribution in [0.15, 0.2) is 18.3 Å². The molecular formula is C11H12N2O. The molecule has 0 spiro atoms. The highest BCUT2D eigenvalue weighted by molar-refractivity contribution is 5.30. The van der Waals surface area contributed by atoms with Crippen LogP contribution in [0.5, 0.6) is 5.75 Å². The van der Waals surface area contributed by atoms with Crippen molar-refractivity contribution >= 4 is 0 Å². The van der Waals surface area contributed by atoms with Crippen LogP contribution in [-0.2, 0) is 0 Å². The molecule has 1 fully saturated rings. The summed E-state index contributed by atoms with van der Waals surface area (Å²) in [4.78, 5) is 4.16. The van der Waals surface area contributed by atoms with Crippen LogP contribution in [0.1, 0.15) is 12.6 Å². The predicted molar refractivity (Wildman–Crippen MR) is 54.1 cm³/mol. The molecule has 2 heterocycles. The standard InChI is InChI=1S/C11H12N2O/c1-2-3-9-4-5-10(8-13-9)14-11-6-12-7-11/h4-5,8,11-12H,6-7H2,1H3. The fraction of sp³-hybridized carbons (Fsp3) is 0.364. The van der Waals surface area contributed by atoms with E-state index in [4.69, 9.17) is 4.74 Å². The van der Waals surface area contributed by atoms with E-state index < -0.39 is 0 Å². The van der Waals surface area contributed by atoms with Crippen molar-refractivity contribution in [2.75, 3.05) is 13.1 Å². The molecule has 1 N–H and O–H groups in total. The summed E-state index contributed by atoms with van der Waals surface area (Å²) in [7, 11) is 0. The lowest BCUT2D eigenvalue weighted by Crippen LogP contribution is -2.50. The number of nitrogens with zero attached hydrogens (tertiary/aromatic N) is 1. The van der Waals surface area contributed by atoms with Gasteiger partial charge in [-0.1, -0.05) is 5.92 Å². The summed E-state index contributed by atoms with van der Waals surface area (Å²) in [6.45, 7) is 3.65. The Morgan fingerprint density at radius 1 is 1.50 bits per heavy atom. The summed E-state index contributed by atoms with van der Waals surface area (Å²) in [6.07, 6.45) is 2.03. The van der Waals surface area contributed by atoms with E-state index in [0.29, 0.717) is 6.10 Å². The van der Waals surface area contributed by atoms with Gasteiger partial charge >= 0.3 is 0 Å². The van der Waals surface area contributed by atoms with Crippen LogP contribution in [0.25, 0.3) is 0 Å². The lowest BCUT2D eigenvalue weighted by molar-refractivity contribution is 0.141. The summed E-state index contributed by atoms with van der Waals surface area (Å²) >= 11 is 0. The second kappa shape index (κ2) is 4.12. The van der Waals surface area contributed by atoms with E-state index in [9.17, 15) is 0 Å². The van der Waals surface area contributed by atoms with E-state index in [1.165, 1.54) is 0 Å². The molecule has 14 heavy (non-hydrogen) atoms. The predicted octanol–water partition coefficient (Wildman–Crippen LogP) is 0.804.